The second-order valence-corrected chi connectivity index (χ2v) is 4.93. The molecule has 0 heterocycles. The van der Waals surface area contributed by atoms with Crippen molar-refractivity contribution in [1.29, 1.82) is 0 Å². The molecule has 25 heavy (non-hydrogen) atoms. The van der Waals surface area contributed by atoms with Crippen LogP contribution in [0.5, 0.6) is 28.7 Å². The van der Waals surface area contributed by atoms with Crippen molar-refractivity contribution in [1.82, 2.24) is 0 Å². The van der Waals surface area contributed by atoms with E-state index in [1.807, 2.05) is 30.4 Å². The molecule has 2 aromatic carbocycles. The molecule has 0 bridgehead atoms. The van der Waals surface area contributed by atoms with Crippen molar-refractivity contribution in [2.75, 3.05) is 28.4 Å². The Morgan fingerprint density at radius 3 is 1.80 bits per heavy atom. The van der Waals surface area contributed by atoms with Crippen molar-refractivity contribution >= 4 is 19.8 Å². The van der Waals surface area contributed by atoms with Gasteiger partial charge in [-0.15, -0.1) is 0 Å². The zero-order valence-electron chi connectivity index (χ0n) is 14.6. The van der Waals surface area contributed by atoms with E-state index in [2.05, 4.69) is 0 Å². The third kappa shape index (κ3) is 4.39. The fourth-order valence-corrected chi connectivity index (χ4v) is 2.34. The molecule has 1 radical (unpaired) electrons. The van der Waals surface area contributed by atoms with E-state index in [1.165, 1.54) is 7.11 Å². The van der Waals surface area contributed by atoms with Gasteiger partial charge in [0.25, 0.3) is 0 Å². The van der Waals surface area contributed by atoms with Crippen LogP contribution in [0.2, 0.25) is 0 Å². The van der Waals surface area contributed by atoms with Gasteiger partial charge in [-0.05, 0) is 35.4 Å². The van der Waals surface area contributed by atoms with Crippen LogP contribution < -0.4 is 23.6 Å². The molecule has 2 aromatic rings. The topological polar surface area (TPSA) is 66.4 Å². The van der Waals surface area contributed by atoms with Crippen molar-refractivity contribution in [3.05, 3.63) is 41.5 Å². The SMILES string of the molecule is COc1ccc(/C=C\c2cc(OC)c(OC)c(OC)c2)cc1O[B]O. The van der Waals surface area contributed by atoms with Gasteiger partial charge >= 0.3 is 7.69 Å². The van der Waals surface area contributed by atoms with Crippen LogP contribution in [0.25, 0.3) is 12.2 Å². The molecule has 0 aliphatic heterocycles. The molecule has 0 fully saturated rings. The van der Waals surface area contributed by atoms with Crippen molar-refractivity contribution in [2.24, 2.45) is 0 Å². The second kappa shape index (κ2) is 8.89. The first-order chi connectivity index (χ1) is 12.2. The largest absolute Gasteiger partial charge is 0.569 e. The molecule has 1 N–H and O–H groups in total. The number of hydrogen-bond acceptors (Lipinski definition) is 6. The fraction of sp³-hybridized carbons (Fsp3) is 0.222. The van der Waals surface area contributed by atoms with Crippen molar-refractivity contribution in [2.45, 2.75) is 0 Å². The van der Waals surface area contributed by atoms with Crippen molar-refractivity contribution < 1.29 is 28.6 Å². The average molecular weight is 343 g/mol. The van der Waals surface area contributed by atoms with Gasteiger partial charge in [0.05, 0.1) is 28.4 Å². The fourth-order valence-electron chi connectivity index (χ4n) is 2.34. The Balaban J connectivity index is 2.34. The Kier molecular flexibility index (Phi) is 6.59. The van der Waals surface area contributed by atoms with Gasteiger partial charge in [0.2, 0.25) is 5.75 Å². The maximum absolute atomic E-state index is 8.84. The Hall–Kier alpha value is -2.80. The Bertz CT molecular complexity index is 719. The molecule has 0 amide bonds. The zero-order valence-corrected chi connectivity index (χ0v) is 14.6. The van der Waals surface area contributed by atoms with Crippen molar-refractivity contribution in [3.8, 4) is 28.7 Å². The lowest BCUT2D eigenvalue weighted by molar-refractivity contribution is 0.324. The van der Waals surface area contributed by atoms with Gasteiger partial charge in [-0.25, -0.2) is 0 Å². The summed E-state index contributed by atoms with van der Waals surface area (Å²) in [6.07, 6.45) is 3.79. The summed E-state index contributed by atoms with van der Waals surface area (Å²) in [7, 11) is 6.86. The summed E-state index contributed by atoms with van der Waals surface area (Å²) in [5, 5.41) is 8.84. The van der Waals surface area contributed by atoms with Gasteiger partial charge in [0.15, 0.2) is 17.2 Å². The lowest BCUT2D eigenvalue weighted by Crippen LogP contribution is -2.01. The molecule has 2 rings (SSSR count). The van der Waals surface area contributed by atoms with E-state index in [4.69, 9.17) is 28.6 Å². The van der Waals surface area contributed by atoms with Crippen LogP contribution in [0.3, 0.4) is 0 Å². The molecule has 0 aliphatic rings. The lowest BCUT2D eigenvalue weighted by atomic mass is 10.1. The molecule has 0 atom stereocenters. The summed E-state index contributed by atoms with van der Waals surface area (Å²) in [4.78, 5) is 0. The Labute approximate surface area is 147 Å². The molecule has 7 heteroatoms. The molecule has 0 saturated carbocycles. The minimum atomic E-state index is 0.414. The number of benzene rings is 2. The molecular weight excluding hydrogens is 323 g/mol. The summed E-state index contributed by atoms with van der Waals surface area (Å²) < 4.78 is 26.2. The molecule has 0 unspecified atom stereocenters. The van der Waals surface area contributed by atoms with Gasteiger partial charge in [0, 0.05) is 0 Å². The second-order valence-electron chi connectivity index (χ2n) is 4.93. The van der Waals surface area contributed by atoms with Crippen LogP contribution in [-0.2, 0) is 0 Å². The number of methoxy groups -OCH3 is 4. The summed E-state index contributed by atoms with van der Waals surface area (Å²) >= 11 is 0. The lowest BCUT2D eigenvalue weighted by Gasteiger charge is -2.13. The third-order valence-electron chi connectivity index (χ3n) is 3.52. The van der Waals surface area contributed by atoms with Crippen LogP contribution in [0, 0.1) is 0 Å². The molecule has 0 saturated heterocycles. The minimum Gasteiger partial charge on any atom is -0.535 e. The molecule has 6 nitrogen and oxygen atoms in total. The molecule has 131 valence electrons. The van der Waals surface area contributed by atoms with E-state index in [-0.39, 0.29) is 0 Å². The van der Waals surface area contributed by atoms with Crippen LogP contribution >= 0.6 is 0 Å². The van der Waals surface area contributed by atoms with E-state index in [9.17, 15) is 0 Å². The predicted molar refractivity (Wildman–Crippen MR) is 96.6 cm³/mol. The predicted octanol–water partition coefficient (Wildman–Crippen LogP) is 2.80. The molecule has 0 aliphatic carbocycles. The van der Waals surface area contributed by atoms with Gasteiger partial charge in [-0.2, -0.15) is 0 Å². The quantitative estimate of drug-likeness (QED) is 0.587. The molecular formula is C18H20BO6. The van der Waals surface area contributed by atoms with E-state index in [0.717, 1.165) is 11.1 Å². The summed E-state index contributed by atoms with van der Waals surface area (Å²) in [5.41, 5.74) is 1.74. The maximum Gasteiger partial charge on any atom is 0.569 e. The highest BCUT2D eigenvalue weighted by molar-refractivity contribution is 6.17. The van der Waals surface area contributed by atoms with Gasteiger partial charge < -0.3 is 28.6 Å². The Morgan fingerprint density at radius 1 is 0.720 bits per heavy atom. The van der Waals surface area contributed by atoms with Gasteiger partial charge in [-0.1, -0.05) is 18.2 Å². The van der Waals surface area contributed by atoms with E-state index >= 15 is 0 Å². The summed E-state index contributed by atoms with van der Waals surface area (Å²) in [5.74, 6) is 2.64. The highest BCUT2D eigenvalue weighted by atomic mass is 16.5. The summed E-state index contributed by atoms with van der Waals surface area (Å²) in [6, 6.07) is 9.08. The zero-order chi connectivity index (χ0) is 18.2. The standard InChI is InChI=1S/C18H20BO6/c1-21-14-8-7-12(9-15(14)25-19-20)5-6-13-10-16(22-2)18(24-4)17(11-13)23-3/h5-11,20H,1-4H3/b6-5-. The monoisotopic (exact) mass is 343 g/mol. The van der Waals surface area contributed by atoms with E-state index in [0.29, 0.717) is 36.4 Å². The highest BCUT2D eigenvalue weighted by Crippen LogP contribution is 2.38. The first-order valence-electron chi connectivity index (χ1n) is 7.45. The number of rotatable bonds is 8. The highest BCUT2D eigenvalue weighted by Gasteiger charge is 2.12. The first kappa shape index (κ1) is 18.5. The van der Waals surface area contributed by atoms with Crippen LogP contribution in [-0.4, -0.2) is 41.1 Å². The Morgan fingerprint density at radius 2 is 1.28 bits per heavy atom. The average Bonchev–Trinajstić information content (AvgIpc) is 2.65. The van der Waals surface area contributed by atoms with Gasteiger partial charge in [0.1, 0.15) is 5.75 Å². The third-order valence-corrected chi connectivity index (χ3v) is 3.52. The summed E-state index contributed by atoms with van der Waals surface area (Å²) in [6.45, 7) is 0. The minimum absolute atomic E-state index is 0.414. The smallest absolute Gasteiger partial charge is 0.535 e. The van der Waals surface area contributed by atoms with Crippen LogP contribution in [0.15, 0.2) is 30.3 Å². The van der Waals surface area contributed by atoms with Gasteiger partial charge in [-0.3, -0.25) is 0 Å². The van der Waals surface area contributed by atoms with Crippen molar-refractivity contribution in [3.63, 3.8) is 0 Å². The first-order valence-corrected chi connectivity index (χ1v) is 7.45. The van der Waals surface area contributed by atoms with E-state index < -0.39 is 0 Å². The molecule has 0 spiro atoms. The van der Waals surface area contributed by atoms with Crippen LogP contribution in [0.1, 0.15) is 11.1 Å². The van der Waals surface area contributed by atoms with E-state index in [1.54, 1.807) is 33.5 Å². The van der Waals surface area contributed by atoms with Crippen LogP contribution in [0.4, 0.5) is 0 Å². The number of ether oxygens (including phenoxy) is 4. The molecule has 0 aromatic heterocycles. The number of hydrogen-bond donors (Lipinski definition) is 1. The maximum atomic E-state index is 8.84. The normalized spacial score (nSPS) is 10.4.